The summed E-state index contributed by atoms with van der Waals surface area (Å²) >= 11 is 0. The molecule has 0 aliphatic heterocycles. The molecule has 0 aliphatic carbocycles. The predicted octanol–water partition coefficient (Wildman–Crippen LogP) is 3.35. The average Bonchev–Trinajstić information content (AvgIpc) is 2.01. The molecule has 1 rings (SSSR count). The second-order valence-electron chi connectivity index (χ2n) is 3.14. The molecule has 1 atom stereocenters. The van der Waals surface area contributed by atoms with Gasteiger partial charge in [0.15, 0.2) is 0 Å². The molecular formula is C10H10F3O. The zero-order chi connectivity index (χ0) is 10.9. The molecule has 0 spiro atoms. The molecule has 0 aliphatic rings. The molecule has 0 saturated heterocycles. The van der Waals surface area contributed by atoms with Crippen molar-refractivity contribution in [1.82, 2.24) is 0 Å². The van der Waals surface area contributed by atoms with Gasteiger partial charge in [-0.25, -0.2) is 0 Å². The summed E-state index contributed by atoms with van der Waals surface area (Å²) < 4.78 is 37.4. The Hall–Kier alpha value is -1.19. The van der Waals surface area contributed by atoms with Crippen LogP contribution >= 0.6 is 0 Å². The highest BCUT2D eigenvalue weighted by Crippen LogP contribution is 2.40. The van der Waals surface area contributed by atoms with Gasteiger partial charge in [0, 0.05) is 0 Å². The molecule has 1 radical (unpaired) electrons. The van der Waals surface area contributed by atoms with Crippen LogP contribution in [0.25, 0.3) is 0 Å². The first-order chi connectivity index (χ1) is 6.34. The summed E-state index contributed by atoms with van der Waals surface area (Å²) in [6.07, 6.45) is -4.54. The van der Waals surface area contributed by atoms with Crippen molar-refractivity contribution in [2.24, 2.45) is 0 Å². The fraction of sp³-hybridized carbons (Fsp3) is 0.300. The molecule has 0 fully saturated rings. The number of phenolic OH excluding ortho intramolecular Hbond substituents is 1. The zero-order valence-electron chi connectivity index (χ0n) is 7.60. The Bertz CT molecular complexity index is 329. The fourth-order valence-corrected chi connectivity index (χ4v) is 1.28. The lowest BCUT2D eigenvalue weighted by molar-refractivity contribution is -0.139. The van der Waals surface area contributed by atoms with Gasteiger partial charge in [-0.15, -0.1) is 0 Å². The minimum Gasteiger partial charge on any atom is -0.507 e. The second-order valence-corrected chi connectivity index (χ2v) is 3.14. The van der Waals surface area contributed by atoms with Crippen molar-refractivity contribution in [2.75, 3.05) is 0 Å². The van der Waals surface area contributed by atoms with Gasteiger partial charge in [-0.2, -0.15) is 13.2 Å². The van der Waals surface area contributed by atoms with Gasteiger partial charge in [-0.05, 0) is 24.5 Å². The highest BCUT2D eigenvalue weighted by Gasteiger charge is 2.36. The van der Waals surface area contributed by atoms with Gasteiger partial charge < -0.3 is 5.11 Å². The minimum atomic E-state index is -4.54. The van der Waals surface area contributed by atoms with Gasteiger partial charge in [0.25, 0.3) is 0 Å². The van der Waals surface area contributed by atoms with E-state index in [1.165, 1.54) is 12.1 Å². The van der Waals surface area contributed by atoms with Crippen LogP contribution < -0.4 is 0 Å². The molecule has 0 aromatic heterocycles. The van der Waals surface area contributed by atoms with E-state index in [1.807, 2.05) is 0 Å². The van der Waals surface area contributed by atoms with Crippen molar-refractivity contribution in [2.45, 2.75) is 19.0 Å². The number of aromatic hydroxyl groups is 1. The van der Waals surface area contributed by atoms with E-state index < -0.39 is 23.4 Å². The van der Waals surface area contributed by atoms with Gasteiger partial charge in [0.05, 0.1) is 0 Å². The minimum absolute atomic E-state index is 0.0116. The van der Waals surface area contributed by atoms with Crippen LogP contribution in [-0.2, 0) is 6.18 Å². The molecule has 1 unspecified atom stereocenters. The molecule has 4 heteroatoms. The summed E-state index contributed by atoms with van der Waals surface area (Å²) in [4.78, 5) is 0. The maximum Gasteiger partial charge on any atom is 0.420 e. The third-order valence-electron chi connectivity index (χ3n) is 1.89. The van der Waals surface area contributed by atoms with Gasteiger partial charge >= 0.3 is 6.18 Å². The van der Waals surface area contributed by atoms with Crippen LogP contribution in [0, 0.1) is 6.92 Å². The Morgan fingerprint density at radius 3 is 2.29 bits per heavy atom. The van der Waals surface area contributed by atoms with Gasteiger partial charge in [0.1, 0.15) is 11.3 Å². The molecule has 0 bridgehead atoms. The van der Waals surface area contributed by atoms with Crippen LogP contribution in [0.2, 0.25) is 0 Å². The van der Waals surface area contributed by atoms with Gasteiger partial charge in [-0.3, -0.25) is 0 Å². The molecule has 77 valence electrons. The van der Waals surface area contributed by atoms with E-state index in [1.54, 1.807) is 6.92 Å². The third-order valence-corrected chi connectivity index (χ3v) is 1.89. The van der Waals surface area contributed by atoms with E-state index in [9.17, 15) is 13.2 Å². The summed E-state index contributed by atoms with van der Waals surface area (Å²) in [6, 6.07) is 3.72. The number of benzene rings is 1. The molecule has 0 amide bonds. The highest BCUT2D eigenvalue weighted by molar-refractivity contribution is 5.43. The highest BCUT2D eigenvalue weighted by atomic mass is 19.4. The Morgan fingerprint density at radius 2 is 1.93 bits per heavy atom. The van der Waals surface area contributed by atoms with E-state index in [2.05, 4.69) is 6.92 Å². The summed E-state index contributed by atoms with van der Waals surface area (Å²) in [5.74, 6) is -1.26. The van der Waals surface area contributed by atoms with Crippen molar-refractivity contribution in [1.29, 1.82) is 0 Å². The zero-order valence-corrected chi connectivity index (χ0v) is 7.60. The van der Waals surface area contributed by atoms with E-state index in [0.29, 0.717) is 0 Å². The Morgan fingerprint density at radius 1 is 1.36 bits per heavy atom. The van der Waals surface area contributed by atoms with Crippen LogP contribution in [0.3, 0.4) is 0 Å². The summed E-state index contributed by atoms with van der Waals surface area (Å²) in [7, 11) is 0. The molecule has 0 heterocycles. The number of halogens is 3. The Labute approximate surface area is 80.2 Å². The van der Waals surface area contributed by atoms with Crippen molar-refractivity contribution in [3.05, 3.63) is 36.2 Å². The van der Waals surface area contributed by atoms with Crippen molar-refractivity contribution in [3.63, 3.8) is 0 Å². The Kier molecular flexibility index (Phi) is 2.73. The smallest absolute Gasteiger partial charge is 0.420 e. The predicted molar refractivity (Wildman–Crippen MR) is 46.9 cm³/mol. The number of rotatable bonds is 1. The van der Waals surface area contributed by atoms with E-state index in [-0.39, 0.29) is 5.56 Å². The third kappa shape index (κ3) is 2.00. The number of phenols is 1. The molecular weight excluding hydrogens is 193 g/mol. The lowest BCUT2D eigenvalue weighted by Crippen LogP contribution is -2.10. The van der Waals surface area contributed by atoms with Crippen molar-refractivity contribution in [3.8, 4) is 5.75 Å². The number of hydrogen-bond donors (Lipinski definition) is 1. The van der Waals surface area contributed by atoms with E-state index >= 15 is 0 Å². The number of hydrogen-bond acceptors (Lipinski definition) is 1. The first kappa shape index (κ1) is 10.9. The molecule has 14 heavy (non-hydrogen) atoms. The van der Waals surface area contributed by atoms with Crippen LogP contribution in [0.15, 0.2) is 18.2 Å². The summed E-state index contributed by atoms with van der Waals surface area (Å²) in [6.45, 7) is 5.06. The van der Waals surface area contributed by atoms with Crippen LogP contribution in [0.5, 0.6) is 5.75 Å². The monoisotopic (exact) mass is 203 g/mol. The van der Waals surface area contributed by atoms with E-state index in [4.69, 9.17) is 5.11 Å². The maximum absolute atomic E-state index is 12.5. The Balaban J connectivity index is 3.38. The standard InChI is InChI=1S/C10H10F3O/c1-6(2)7-4-3-5-8(14)9(7)10(11,12)13/h3-6,14H,1H2,2H3. The van der Waals surface area contributed by atoms with Crippen LogP contribution in [0.4, 0.5) is 13.2 Å². The molecule has 0 saturated carbocycles. The topological polar surface area (TPSA) is 20.2 Å². The fourth-order valence-electron chi connectivity index (χ4n) is 1.28. The van der Waals surface area contributed by atoms with Crippen molar-refractivity contribution < 1.29 is 18.3 Å². The normalized spacial score (nSPS) is 12.1. The van der Waals surface area contributed by atoms with E-state index in [0.717, 1.165) is 6.07 Å². The first-order valence-corrected chi connectivity index (χ1v) is 4.06. The van der Waals surface area contributed by atoms with Crippen LogP contribution in [0.1, 0.15) is 24.0 Å². The maximum atomic E-state index is 12.5. The molecule has 1 N–H and O–H groups in total. The largest absolute Gasteiger partial charge is 0.507 e. The first-order valence-electron chi connectivity index (χ1n) is 4.06. The number of alkyl halides is 3. The van der Waals surface area contributed by atoms with Gasteiger partial charge in [0.2, 0.25) is 0 Å². The molecule has 1 aromatic rings. The lowest BCUT2D eigenvalue weighted by atomic mass is 9.96. The lowest BCUT2D eigenvalue weighted by Gasteiger charge is -2.16. The summed E-state index contributed by atoms with van der Waals surface area (Å²) in [5.41, 5.74) is -0.972. The van der Waals surface area contributed by atoms with Crippen LogP contribution in [-0.4, -0.2) is 5.11 Å². The second kappa shape index (κ2) is 3.52. The molecule has 1 aromatic carbocycles. The van der Waals surface area contributed by atoms with Gasteiger partial charge in [-0.1, -0.05) is 19.1 Å². The average molecular weight is 203 g/mol. The summed E-state index contributed by atoms with van der Waals surface area (Å²) in [5, 5.41) is 9.13. The SMILES string of the molecule is [CH2]C(C)c1cccc(O)c1C(F)(F)F. The van der Waals surface area contributed by atoms with Crippen molar-refractivity contribution >= 4 is 0 Å². The quantitative estimate of drug-likeness (QED) is 0.742. The molecule has 1 nitrogen and oxygen atoms in total.